The summed E-state index contributed by atoms with van der Waals surface area (Å²) in [6, 6.07) is 5.43. The minimum atomic E-state index is -0.390. The molecule has 112 valence electrons. The van der Waals surface area contributed by atoms with Gasteiger partial charge in [-0.1, -0.05) is 0 Å². The summed E-state index contributed by atoms with van der Waals surface area (Å²) in [5.74, 6) is 1.20. The molecule has 0 unspecified atom stereocenters. The highest BCUT2D eigenvalue weighted by Gasteiger charge is 2.13. The van der Waals surface area contributed by atoms with Gasteiger partial charge in [0.25, 0.3) is 0 Å². The maximum atomic E-state index is 11.1. The van der Waals surface area contributed by atoms with E-state index < -0.39 is 5.91 Å². The molecule has 0 aromatic heterocycles. The average molecular weight is 299 g/mol. The number of hydrogen-bond acceptors (Lipinski definition) is 3. The Morgan fingerprint density at radius 1 is 1.40 bits per heavy atom. The van der Waals surface area contributed by atoms with Crippen LogP contribution < -0.4 is 15.8 Å². The second-order valence-electron chi connectivity index (χ2n) is 5.17. The lowest BCUT2D eigenvalue weighted by molar-refractivity contribution is 0.0999. The van der Waals surface area contributed by atoms with E-state index in [2.05, 4.69) is 5.32 Å². The summed E-state index contributed by atoms with van der Waals surface area (Å²) in [6.07, 6.45) is 3.57. The number of nitrogens with two attached hydrogens (primary N) is 1. The molecule has 0 aliphatic carbocycles. The lowest BCUT2D eigenvalue weighted by atomic mass is 9.95. The number of carbonyl (C=O) groups is 1. The predicted molar refractivity (Wildman–Crippen MR) is 82.7 cm³/mol. The summed E-state index contributed by atoms with van der Waals surface area (Å²) in [5, 5.41) is 3.36. The lowest BCUT2D eigenvalue weighted by Gasteiger charge is -2.22. The van der Waals surface area contributed by atoms with Crippen LogP contribution in [-0.4, -0.2) is 25.6 Å². The molecule has 1 fully saturated rings. The Kier molecular flexibility index (Phi) is 6.82. The first-order valence-corrected chi connectivity index (χ1v) is 6.91. The highest BCUT2D eigenvalue weighted by Crippen LogP contribution is 2.19. The topological polar surface area (TPSA) is 64.3 Å². The first kappa shape index (κ1) is 16.8. The quantitative estimate of drug-likeness (QED) is 0.876. The van der Waals surface area contributed by atoms with Crippen LogP contribution >= 0.6 is 12.4 Å². The second kappa shape index (κ2) is 8.12. The van der Waals surface area contributed by atoms with E-state index in [0.717, 1.165) is 43.3 Å². The van der Waals surface area contributed by atoms with E-state index in [4.69, 9.17) is 10.5 Å². The van der Waals surface area contributed by atoms with Gasteiger partial charge in [0.2, 0.25) is 5.91 Å². The van der Waals surface area contributed by atoms with Crippen molar-refractivity contribution < 1.29 is 9.53 Å². The molecule has 1 aromatic rings. The fourth-order valence-electron chi connectivity index (χ4n) is 2.52. The highest BCUT2D eigenvalue weighted by molar-refractivity contribution is 5.94. The first-order chi connectivity index (χ1) is 9.16. The minimum Gasteiger partial charge on any atom is -0.494 e. The third-order valence-corrected chi connectivity index (χ3v) is 3.72. The molecule has 1 aliphatic heterocycles. The van der Waals surface area contributed by atoms with E-state index in [1.54, 1.807) is 6.07 Å². The number of amides is 1. The molecule has 1 saturated heterocycles. The highest BCUT2D eigenvalue weighted by atomic mass is 35.5. The largest absolute Gasteiger partial charge is 0.494 e. The van der Waals surface area contributed by atoms with Crippen molar-refractivity contribution in [1.29, 1.82) is 0 Å². The van der Waals surface area contributed by atoms with Crippen molar-refractivity contribution in [3.8, 4) is 5.75 Å². The Labute approximate surface area is 126 Å². The van der Waals surface area contributed by atoms with Crippen molar-refractivity contribution in [2.75, 3.05) is 19.7 Å². The van der Waals surface area contributed by atoms with Gasteiger partial charge < -0.3 is 15.8 Å². The molecular formula is C15H23ClN2O2. The van der Waals surface area contributed by atoms with Gasteiger partial charge in [0.1, 0.15) is 5.75 Å². The molecule has 2 rings (SSSR count). The number of nitrogens with one attached hydrogen (secondary N) is 1. The van der Waals surface area contributed by atoms with Crippen molar-refractivity contribution in [2.45, 2.75) is 26.2 Å². The van der Waals surface area contributed by atoms with Gasteiger partial charge in [-0.05, 0) is 69.0 Å². The molecule has 0 saturated carbocycles. The van der Waals surface area contributed by atoms with Crippen LogP contribution in [0.3, 0.4) is 0 Å². The monoisotopic (exact) mass is 298 g/mol. The Morgan fingerprint density at radius 2 is 2.10 bits per heavy atom. The summed E-state index contributed by atoms with van der Waals surface area (Å²) < 4.78 is 5.75. The summed E-state index contributed by atoms with van der Waals surface area (Å²) in [6.45, 7) is 4.86. The number of carbonyl (C=O) groups excluding carboxylic acids is 1. The van der Waals surface area contributed by atoms with Crippen molar-refractivity contribution >= 4 is 18.3 Å². The third-order valence-electron chi connectivity index (χ3n) is 3.72. The van der Waals surface area contributed by atoms with Gasteiger partial charge in [0.05, 0.1) is 6.61 Å². The predicted octanol–water partition coefficient (Wildman–Crippen LogP) is 2.28. The van der Waals surface area contributed by atoms with Crippen LogP contribution in [0, 0.1) is 12.8 Å². The number of hydrogen-bond donors (Lipinski definition) is 2. The fraction of sp³-hybridized carbons (Fsp3) is 0.533. The molecular weight excluding hydrogens is 276 g/mol. The zero-order valence-corrected chi connectivity index (χ0v) is 12.7. The van der Waals surface area contributed by atoms with Crippen LogP contribution in [0.2, 0.25) is 0 Å². The van der Waals surface area contributed by atoms with E-state index in [0.29, 0.717) is 5.56 Å². The van der Waals surface area contributed by atoms with Crippen LogP contribution in [0.25, 0.3) is 0 Å². The van der Waals surface area contributed by atoms with Gasteiger partial charge in [-0.3, -0.25) is 4.79 Å². The Balaban J connectivity index is 0.00000200. The normalized spacial score (nSPS) is 15.4. The number of aryl methyl sites for hydroxylation is 1. The first-order valence-electron chi connectivity index (χ1n) is 6.91. The number of primary amides is 1. The number of benzene rings is 1. The van der Waals surface area contributed by atoms with Gasteiger partial charge in [-0.25, -0.2) is 0 Å². The Bertz CT molecular complexity index is 445. The van der Waals surface area contributed by atoms with E-state index in [1.165, 1.54) is 12.8 Å². The maximum absolute atomic E-state index is 11.1. The van der Waals surface area contributed by atoms with E-state index in [9.17, 15) is 4.79 Å². The molecule has 4 nitrogen and oxygen atoms in total. The van der Waals surface area contributed by atoms with E-state index >= 15 is 0 Å². The van der Waals surface area contributed by atoms with Crippen LogP contribution in [0.15, 0.2) is 18.2 Å². The standard InChI is InChI=1S/C15H22N2O2.ClH/c1-11-10-13(2-3-14(11)15(16)18)19-9-6-12-4-7-17-8-5-12;/h2-3,10,12,17H,4-9H2,1H3,(H2,16,18);1H. The van der Waals surface area contributed by atoms with E-state index in [-0.39, 0.29) is 12.4 Å². The molecule has 5 heteroatoms. The number of halogens is 1. The van der Waals surface area contributed by atoms with Crippen molar-refractivity contribution in [3.63, 3.8) is 0 Å². The Hall–Kier alpha value is -1.26. The number of rotatable bonds is 5. The van der Waals surface area contributed by atoms with Crippen molar-refractivity contribution in [3.05, 3.63) is 29.3 Å². The van der Waals surface area contributed by atoms with E-state index in [1.807, 2.05) is 19.1 Å². The molecule has 1 amide bonds. The maximum Gasteiger partial charge on any atom is 0.248 e. The molecule has 1 heterocycles. The van der Waals surface area contributed by atoms with Crippen LogP contribution in [0.4, 0.5) is 0 Å². The Morgan fingerprint density at radius 3 is 2.70 bits per heavy atom. The minimum absolute atomic E-state index is 0. The van der Waals surface area contributed by atoms with Crippen LogP contribution in [0.1, 0.15) is 35.2 Å². The van der Waals surface area contributed by atoms with Crippen molar-refractivity contribution in [1.82, 2.24) is 5.32 Å². The molecule has 0 atom stereocenters. The summed E-state index contributed by atoms with van der Waals surface area (Å²) >= 11 is 0. The van der Waals surface area contributed by atoms with Crippen molar-refractivity contribution in [2.24, 2.45) is 11.7 Å². The molecule has 0 bridgehead atoms. The lowest BCUT2D eigenvalue weighted by Crippen LogP contribution is -2.28. The second-order valence-corrected chi connectivity index (χ2v) is 5.17. The smallest absolute Gasteiger partial charge is 0.248 e. The summed E-state index contributed by atoms with van der Waals surface area (Å²) in [4.78, 5) is 11.1. The van der Waals surface area contributed by atoms with Gasteiger partial charge in [0.15, 0.2) is 0 Å². The number of ether oxygens (including phenoxy) is 1. The molecule has 0 spiro atoms. The van der Waals surface area contributed by atoms with Gasteiger partial charge >= 0.3 is 0 Å². The average Bonchev–Trinajstić information content (AvgIpc) is 2.39. The SMILES string of the molecule is Cc1cc(OCCC2CCNCC2)ccc1C(N)=O.Cl. The zero-order chi connectivity index (χ0) is 13.7. The molecule has 20 heavy (non-hydrogen) atoms. The van der Waals surface area contributed by atoms with Crippen LogP contribution in [-0.2, 0) is 0 Å². The van der Waals surface area contributed by atoms with Gasteiger partial charge in [0, 0.05) is 5.56 Å². The zero-order valence-electron chi connectivity index (χ0n) is 11.9. The summed E-state index contributed by atoms with van der Waals surface area (Å²) in [5.41, 5.74) is 6.70. The van der Waals surface area contributed by atoms with Gasteiger partial charge in [-0.15, -0.1) is 12.4 Å². The molecule has 1 aromatic carbocycles. The van der Waals surface area contributed by atoms with Gasteiger partial charge in [-0.2, -0.15) is 0 Å². The molecule has 1 aliphatic rings. The summed E-state index contributed by atoms with van der Waals surface area (Å²) in [7, 11) is 0. The van der Waals surface area contributed by atoms with Crippen LogP contribution in [0.5, 0.6) is 5.75 Å². The third kappa shape index (κ3) is 4.69. The molecule has 0 radical (unpaired) electrons. The molecule has 3 N–H and O–H groups in total. The fourth-order valence-corrected chi connectivity index (χ4v) is 2.52. The number of piperidine rings is 1.